The van der Waals surface area contributed by atoms with Crippen molar-refractivity contribution in [1.29, 1.82) is 0 Å². The van der Waals surface area contributed by atoms with Gasteiger partial charge in [0, 0.05) is 0 Å². The van der Waals surface area contributed by atoms with Crippen LogP contribution < -0.4 is 16.0 Å². The van der Waals surface area contributed by atoms with Gasteiger partial charge in [-0.1, -0.05) is 23.8 Å². The van der Waals surface area contributed by atoms with Gasteiger partial charge in [0.2, 0.25) is 0 Å². The number of hydrazine groups is 1. The average Bonchev–Trinajstić information content (AvgIpc) is 2.25. The highest BCUT2D eigenvalue weighted by Crippen LogP contribution is 2.22. The Kier molecular flexibility index (Phi) is 5.06. The lowest BCUT2D eigenvalue weighted by atomic mass is 10.1. The zero-order chi connectivity index (χ0) is 12.8. The summed E-state index contributed by atoms with van der Waals surface area (Å²) in [5.41, 5.74) is 4.46. The minimum Gasteiger partial charge on any atom is -0.435 e. The van der Waals surface area contributed by atoms with Crippen LogP contribution in [0.25, 0.3) is 0 Å². The molecule has 0 radical (unpaired) electrons. The number of hydrogen-bond donors (Lipinski definition) is 2. The van der Waals surface area contributed by atoms with E-state index in [4.69, 9.17) is 5.84 Å². The van der Waals surface area contributed by atoms with Gasteiger partial charge in [-0.2, -0.15) is 8.78 Å². The zero-order valence-electron chi connectivity index (χ0n) is 9.78. The van der Waals surface area contributed by atoms with Gasteiger partial charge in [-0.3, -0.25) is 5.84 Å². The van der Waals surface area contributed by atoms with Crippen molar-refractivity contribution < 1.29 is 13.5 Å². The van der Waals surface area contributed by atoms with Crippen molar-refractivity contribution in [3.8, 4) is 5.75 Å². The number of halogens is 2. The normalized spacial score (nSPS) is 12.4. The van der Waals surface area contributed by atoms with E-state index in [2.05, 4.69) is 10.2 Å². The lowest BCUT2D eigenvalue weighted by Gasteiger charge is -2.14. The van der Waals surface area contributed by atoms with Crippen LogP contribution in [0.15, 0.2) is 35.9 Å². The summed E-state index contributed by atoms with van der Waals surface area (Å²) in [5.74, 6) is 5.55. The molecule has 3 nitrogen and oxygen atoms in total. The Hall–Kier alpha value is -1.46. The number of benzene rings is 1. The maximum atomic E-state index is 12.1. The Labute approximate surface area is 99.2 Å². The minimum atomic E-state index is -2.82. The van der Waals surface area contributed by atoms with Crippen LogP contribution in [-0.2, 0) is 0 Å². The van der Waals surface area contributed by atoms with Gasteiger partial charge in [-0.05, 0) is 31.5 Å². The van der Waals surface area contributed by atoms with Crippen molar-refractivity contribution in [2.45, 2.75) is 26.5 Å². The predicted octanol–water partition coefficient (Wildman–Crippen LogP) is 2.76. The fourth-order valence-electron chi connectivity index (χ4n) is 1.46. The second-order valence-electron chi connectivity index (χ2n) is 3.84. The Morgan fingerprint density at radius 3 is 2.65 bits per heavy atom. The average molecular weight is 242 g/mol. The molecule has 1 aromatic rings. The van der Waals surface area contributed by atoms with Crippen LogP contribution in [0, 0.1) is 0 Å². The summed E-state index contributed by atoms with van der Waals surface area (Å²) in [7, 11) is 0. The van der Waals surface area contributed by atoms with Gasteiger partial charge in [-0.15, -0.1) is 0 Å². The van der Waals surface area contributed by atoms with E-state index >= 15 is 0 Å². The fraction of sp³-hybridized carbons (Fsp3) is 0.333. The van der Waals surface area contributed by atoms with Crippen molar-refractivity contribution in [2.24, 2.45) is 5.84 Å². The number of ether oxygens (including phenoxy) is 1. The van der Waals surface area contributed by atoms with Gasteiger partial charge in [-0.25, -0.2) is 5.43 Å². The first-order valence-electron chi connectivity index (χ1n) is 5.19. The SMILES string of the molecule is CC(C)=CC(NN)c1cccc(OC(F)F)c1. The van der Waals surface area contributed by atoms with E-state index in [1.54, 1.807) is 12.1 Å². The maximum absolute atomic E-state index is 12.1. The monoisotopic (exact) mass is 242 g/mol. The molecular formula is C12H16F2N2O. The molecule has 0 amide bonds. The lowest BCUT2D eigenvalue weighted by Crippen LogP contribution is -2.26. The number of nitrogens with one attached hydrogen (secondary N) is 1. The third kappa shape index (κ3) is 4.50. The van der Waals surface area contributed by atoms with E-state index in [0.29, 0.717) is 0 Å². The van der Waals surface area contributed by atoms with Crippen LogP contribution in [0.2, 0.25) is 0 Å². The first kappa shape index (κ1) is 13.6. The zero-order valence-corrected chi connectivity index (χ0v) is 9.78. The second kappa shape index (κ2) is 6.32. The van der Waals surface area contributed by atoms with Crippen LogP contribution in [-0.4, -0.2) is 6.61 Å². The summed E-state index contributed by atoms with van der Waals surface area (Å²) >= 11 is 0. The summed E-state index contributed by atoms with van der Waals surface area (Å²) in [6.45, 7) is 1.05. The fourth-order valence-corrected chi connectivity index (χ4v) is 1.46. The van der Waals surface area contributed by atoms with Crippen LogP contribution >= 0.6 is 0 Å². The van der Waals surface area contributed by atoms with Crippen molar-refractivity contribution in [3.05, 3.63) is 41.5 Å². The van der Waals surface area contributed by atoms with Gasteiger partial charge < -0.3 is 4.74 Å². The molecule has 94 valence electrons. The standard InChI is InChI=1S/C12H16F2N2O/c1-8(2)6-11(16-15)9-4-3-5-10(7-9)17-12(13)14/h3-7,11-12,16H,15H2,1-2H3. The number of allylic oxidation sites excluding steroid dienone is 1. The molecule has 0 fully saturated rings. The molecule has 0 aromatic heterocycles. The van der Waals surface area contributed by atoms with Crippen molar-refractivity contribution >= 4 is 0 Å². The summed E-state index contributed by atoms with van der Waals surface area (Å²) in [5, 5.41) is 0. The van der Waals surface area contributed by atoms with Crippen LogP contribution in [0.3, 0.4) is 0 Å². The van der Waals surface area contributed by atoms with E-state index in [0.717, 1.165) is 11.1 Å². The molecular weight excluding hydrogens is 226 g/mol. The molecule has 5 heteroatoms. The highest BCUT2D eigenvalue weighted by atomic mass is 19.3. The molecule has 0 aliphatic heterocycles. The van der Waals surface area contributed by atoms with E-state index in [9.17, 15) is 8.78 Å². The lowest BCUT2D eigenvalue weighted by molar-refractivity contribution is -0.0498. The third-order valence-electron chi connectivity index (χ3n) is 2.12. The highest BCUT2D eigenvalue weighted by Gasteiger charge is 2.09. The molecule has 3 N–H and O–H groups in total. The number of rotatable bonds is 5. The van der Waals surface area contributed by atoms with Gasteiger partial charge in [0.1, 0.15) is 5.75 Å². The summed E-state index contributed by atoms with van der Waals surface area (Å²) < 4.78 is 28.5. The molecule has 0 aliphatic rings. The Bertz CT molecular complexity index is 390. The van der Waals surface area contributed by atoms with E-state index in [1.165, 1.54) is 12.1 Å². The first-order chi connectivity index (χ1) is 8.02. The topological polar surface area (TPSA) is 47.3 Å². The molecule has 1 atom stereocenters. The van der Waals surface area contributed by atoms with Gasteiger partial charge in [0.25, 0.3) is 0 Å². The maximum Gasteiger partial charge on any atom is 0.387 e. The minimum absolute atomic E-state index is 0.125. The van der Waals surface area contributed by atoms with Crippen molar-refractivity contribution in [2.75, 3.05) is 0 Å². The molecule has 0 saturated carbocycles. The van der Waals surface area contributed by atoms with Crippen LogP contribution in [0.5, 0.6) is 5.75 Å². The molecule has 17 heavy (non-hydrogen) atoms. The molecule has 1 unspecified atom stereocenters. The van der Waals surface area contributed by atoms with E-state index < -0.39 is 6.61 Å². The number of nitrogens with two attached hydrogens (primary N) is 1. The molecule has 0 heterocycles. The Morgan fingerprint density at radius 1 is 1.41 bits per heavy atom. The largest absolute Gasteiger partial charge is 0.435 e. The third-order valence-corrected chi connectivity index (χ3v) is 2.12. The van der Waals surface area contributed by atoms with Crippen molar-refractivity contribution in [3.63, 3.8) is 0 Å². The second-order valence-corrected chi connectivity index (χ2v) is 3.84. The quantitative estimate of drug-likeness (QED) is 0.474. The smallest absolute Gasteiger partial charge is 0.387 e. The van der Waals surface area contributed by atoms with E-state index in [-0.39, 0.29) is 11.8 Å². The molecule has 0 bridgehead atoms. The van der Waals surface area contributed by atoms with Gasteiger partial charge in [0.15, 0.2) is 0 Å². The predicted molar refractivity (Wildman–Crippen MR) is 62.6 cm³/mol. The molecule has 0 aliphatic carbocycles. The number of hydrogen-bond acceptors (Lipinski definition) is 3. The van der Waals surface area contributed by atoms with Gasteiger partial charge in [0.05, 0.1) is 6.04 Å². The molecule has 1 rings (SSSR count). The van der Waals surface area contributed by atoms with Crippen LogP contribution in [0.1, 0.15) is 25.5 Å². The molecule has 0 spiro atoms. The van der Waals surface area contributed by atoms with E-state index in [1.807, 2.05) is 19.9 Å². The Balaban J connectivity index is 2.92. The summed E-state index contributed by atoms with van der Waals surface area (Å²) in [4.78, 5) is 0. The highest BCUT2D eigenvalue weighted by molar-refractivity contribution is 5.32. The summed E-state index contributed by atoms with van der Waals surface area (Å²) in [6.07, 6.45) is 1.90. The summed E-state index contributed by atoms with van der Waals surface area (Å²) in [6, 6.07) is 6.24. The molecule has 0 saturated heterocycles. The van der Waals surface area contributed by atoms with Gasteiger partial charge >= 0.3 is 6.61 Å². The van der Waals surface area contributed by atoms with Crippen molar-refractivity contribution in [1.82, 2.24) is 5.43 Å². The number of alkyl halides is 2. The Morgan fingerprint density at radius 2 is 2.12 bits per heavy atom. The van der Waals surface area contributed by atoms with Crippen LogP contribution in [0.4, 0.5) is 8.78 Å². The molecule has 1 aromatic carbocycles. The first-order valence-corrected chi connectivity index (χ1v) is 5.19.